The van der Waals surface area contributed by atoms with Crippen molar-refractivity contribution in [3.8, 4) is 0 Å². The average molecular weight is 480 g/mol. The van der Waals surface area contributed by atoms with E-state index in [1.165, 1.54) is 34.7 Å². The van der Waals surface area contributed by atoms with Gasteiger partial charge in [-0.1, -0.05) is 0 Å². The summed E-state index contributed by atoms with van der Waals surface area (Å²) in [7, 11) is 0. The molecular weight excluding hydrogens is 426 g/mol. The first-order valence-corrected chi connectivity index (χ1v) is 18.7. The third kappa shape index (κ3) is 7.30. The summed E-state index contributed by atoms with van der Waals surface area (Å²) in [5.41, 5.74) is 0. The van der Waals surface area contributed by atoms with E-state index >= 15 is 0 Å². The molecule has 0 N–H and O–H groups in total. The molecule has 176 valence electrons. The van der Waals surface area contributed by atoms with Crippen molar-refractivity contribution in [1.82, 2.24) is 0 Å². The van der Waals surface area contributed by atoms with Gasteiger partial charge in [-0.15, -0.1) is 0 Å². The van der Waals surface area contributed by atoms with Gasteiger partial charge in [-0.25, -0.2) is 0 Å². The molecule has 1 heteroatoms. The Labute approximate surface area is 203 Å². The Balaban J connectivity index is 1.10. The van der Waals surface area contributed by atoms with Gasteiger partial charge in [-0.2, -0.15) is 0 Å². The third-order valence-corrected chi connectivity index (χ3v) is 17.2. The monoisotopic (exact) mass is 478 g/mol. The van der Waals surface area contributed by atoms with Gasteiger partial charge in [-0.05, 0) is 0 Å². The molecule has 0 unspecified atom stereocenters. The first-order chi connectivity index (χ1) is 15.2. The SMILES string of the molecule is CCCC1CCC(C2CC[CH]([Zn][CH]3CCC(C4CCC(CCC)CC4)CC3)CC2)CC1. The van der Waals surface area contributed by atoms with Crippen molar-refractivity contribution in [3.63, 3.8) is 0 Å². The Morgan fingerprint density at radius 1 is 0.419 bits per heavy atom. The third-order valence-electron chi connectivity index (χ3n) is 11.0. The summed E-state index contributed by atoms with van der Waals surface area (Å²) in [4.78, 5) is 0. The van der Waals surface area contributed by atoms with Crippen molar-refractivity contribution in [3.05, 3.63) is 0 Å². The van der Waals surface area contributed by atoms with Crippen molar-refractivity contribution < 1.29 is 17.1 Å². The minimum atomic E-state index is -0.309. The van der Waals surface area contributed by atoms with Gasteiger partial charge in [-0.3, -0.25) is 0 Å². The predicted octanol–water partition coefficient (Wildman–Crippen LogP) is 10.2. The van der Waals surface area contributed by atoms with Crippen molar-refractivity contribution in [2.24, 2.45) is 35.5 Å². The first kappa shape index (κ1) is 24.7. The van der Waals surface area contributed by atoms with E-state index in [4.69, 9.17) is 0 Å². The van der Waals surface area contributed by atoms with Crippen LogP contribution in [-0.2, 0) is 17.1 Å². The van der Waals surface area contributed by atoms with Crippen LogP contribution in [0.3, 0.4) is 0 Å². The van der Waals surface area contributed by atoms with Gasteiger partial charge < -0.3 is 0 Å². The van der Waals surface area contributed by atoms with Gasteiger partial charge in [0.15, 0.2) is 0 Å². The van der Waals surface area contributed by atoms with E-state index in [9.17, 15) is 0 Å². The van der Waals surface area contributed by atoms with Gasteiger partial charge >= 0.3 is 204 Å². The molecule has 4 rings (SSSR count). The van der Waals surface area contributed by atoms with Crippen LogP contribution < -0.4 is 0 Å². The molecule has 0 amide bonds. The first-order valence-electron chi connectivity index (χ1n) is 15.2. The van der Waals surface area contributed by atoms with Gasteiger partial charge in [0, 0.05) is 0 Å². The van der Waals surface area contributed by atoms with E-state index < -0.39 is 0 Å². The molecule has 0 aromatic carbocycles. The fraction of sp³-hybridized carbons (Fsp3) is 1.00. The average Bonchev–Trinajstić information content (AvgIpc) is 2.82. The maximum atomic E-state index is 2.38. The van der Waals surface area contributed by atoms with Crippen LogP contribution in [0.15, 0.2) is 0 Å². The number of hydrogen-bond acceptors (Lipinski definition) is 0. The Bertz CT molecular complexity index is 425. The normalized spacial score (nSPS) is 42.1. The summed E-state index contributed by atoms with van der Waals surface area (Å²) in [6.07, 6.45) is 31.7. The summed E-state index contributed by atoms with van der Waals surface area (Å²) in [6.45, 7) is 4.76. The predicted molar refractivity (Wildman–Crippen MR) is 132 cm³/mol. The van der Waals surface area contributed by atoms with Crippen LogP contribution in [0.4, 0.5) is 0 Å². The fourth-order valence-electron chi connectivity index (χ4n) is 8.98. The van der Waals surface area contributed by atoms with Crippen LogP contribution >= 0.6 is 0 Å². The van der Waals surface area contributed by atoms with Crippen molar-refractivity contribution in [2.75, 3.05) is 0 Å². The second-order valence-corrected chi connectivity index (χ2v) is 18.8. The summed E-state index contributed by atoms with van der Waals surface area (Å²) in [5.74, 6) is 6.72. The van der Waals surface area contributed by atoms with E-state index in [-0.39, 0.29) is 17.1 Å². The van der Waals surface area contributed by atoms with Gasteiger partial charge in [0.1, 0.15) is 0 Å². The van der Waals surface area contributed by atoms with Gasteiger partial charge in [0.05, 0.1) is 0 Å². The molecule has 0 aromatic heterocycles. The summed E-state index contributed by atoms with van der Waals surface area (Å²) < 4.78 is 2.57. The minimum absolute atomic E-state index is 0.309. The van der Waals surface area contributed by atoms with Crippen LogP contribution in [0.25, 0.3) is 0 Å². The van der Waals surface area contributed by atoms with Crippen molar-refractivity contribution >= 4 is 0 Å². The van der Waals surface area contributed by atoms with Gasteiger partial charge in [0.2, 0.25) is 0 Å². The molecule has 4 aliphatic rings. The molecule has 0 bridgehead atoms. The van der Waals surface area contributed by atoms with Crippen molar-refractivity contribution in [1.29, 1.82) is 0 Å². The van der Waals surface area contributed by atoms with Crippen LogP contribution in [0, 0.1) is 35.5 Å². The number of hydrogen-bond donors (Lipinski definition) is 0. The molecule has 0 spiro atoms. The van der Waals surface area contributed by atoms with Crippen LogP contribution in [0.2, 0.25) is 9.02 Å². The van der Waals surface area contributed by atoms with Crippen molar-refractivity contribution in [2.45, 2.75) is 151 Å². The molecule has 4 aliphatic carbocycles. The Morgan fingerprint density at radius 3 is 1.00 bits per heavy atom. The summed E-state index contributed by atoms with van der Waals surface area (Å²) in [6, 6.07) is 0. The van der Waals surface area contributed by atoms with Crippen LogP contribution in [0.5, 0.6) is 0 Å². The quantitative estimate of drug-likeness (QED) is 0.303. The molecule has 31 heavy (non-hydrogen) atoms. The maximum absolute atomic E-state index is 2.38. The molecular formula is C30H54Zn. The zero-order valence-corrected chi connectivity index (χ0v) is 24.4. The molecule has 0 aromatic rings. The standard InChI is InChI=1S/2C15H27.Zn/c2*1-2-6-13-9-11-15(12-10-13)14-7-4-3-5-8-14;/h2*3,13-15H,2,4-12H2,1H3;. The fourth-order valence-corrected chi connectivity index (χ4v) is 14.9. The zero-order chi connectivity index (χ0) is 21.5. The Hall–Kier alpha value is 0.623. The molecule has 4 fully saturated rings. The molecule has 0 atom stereocenters. The second-order valence-electron chi connectivity index (χ2n) is 12.9. The van der Waals surface area contributed by atoms with E-state index in [0.29, 0.717) is 0 Å². The number of rotatable bonds is 8. The topological polar surface area (TPSA) is 0 Å². The summed E-state index contributed by atoms with van der Waals surface area (Å²) >= 11 is -0.309. The van der Waals surface area contributed by atoms with Gasteiger partial charge in [0.25, 0.3) is 0 Å². The van der Waals surface area contributed by atoms with E-state index in [2.05, 4.69) is 13.8 Å². The molecule has 0 radical (unpaired) electrons. The Kier molecular flexibility index (Phi) is 10.3. The molecule has 0 saturated heterocycles. The van der Waals surface area contributed by atoms with Crippen LogP contribution in [0.1, 0.15) is 142 Å². The van der Waals surface area contributed by atoms with E-state index in [1.807, 2.05) is 0 Å². The second kappa shape index (κ2) is 12.9. The molecule has 0 nitrogen and oxygen atoms in total. The molecule has 4 saturated carbocycles. The van der Waals surface area contributed by atoms with Crippen LogP contribution in [-0.4, -0.2) is 0 Å². The zero-order valence-electron chi connectivity index (χ0n) is 21.5. The summed E-state index contributed by atoms with van der Waals surface area (Å²) in [5, 5.41) is 0. The Morgan fingerprint density at radius 2 is 0.710 bits per heavy atom. The molecule has 0 aliphatic heterocycles. The van der Waals surface area contributed by atoms with E-state index in [0.717, 1.165) is 35.5 Å². The van der Waals surface area contributed by atoms with E-state index in [1.54, 1.807) is 103 Å². The molecule has 0 heterocycles.